The van der Waals surface area contributed by atoms with E-state index in [0.29, 0.717) is 18.5 Å². The number of carbonyl (C=O) groups excluding carboxylic acids is 1. The van der Waals surface area contributed by atoms with Gasteiger partial charge in [-0.3, -0.25) is 4.79 Å². The van der Waals surface area contributed by atoms with Crippen LogP contribution in [0.15, 0.2) is 24.3 Å². The molecule has 2 N–H and O–H groups in total. The third-order valence-electron chi connectivity index (χ3n) is 4.09. The molecule has 0 aliphatic carbocycles. The first-order valence-corrected chi connectivity index (χ1v) is 7.23. The molecule has 1 heterocycles. The minimum absolute atomic E-state index is 0.288. The van der Waals surface area contributed by atoms with Crippen LogP contribution >= 0.6 is 0 Å². The SMILES string of the molecule is CC1CCCC(C)N1C(=O)CCc1ccc(N)cc1. The number of benzene rings is 1. The number of carbonyl (C=O) groups is 1. The van der Waals surface area contributed by atoms with Gasteiger partial charge in [0.15, 0.2) is 0 Å². The van der Waals surface area contributed by atoms with Crippen LogP contribution in [0.1, 0.15) is 45.1 Å². The molecular formula is C16H24N2O. The number of hydrogen-bond acceptors (Lipinski definition) is 2. The van der Waals surface area contributed by atoms with Crippen molar-refractivity contribution in [2.24, 2.45) is 0 Å². The van der Waals surface area contributed by atoms with Gasteiger partial charge in [-0.2, -0.15) is 0 Å². The Bertz CT molecular complexity index is 417. The summed E-state index contributed by atoms with van der Waals surface area (Å²) in [6.07, 6.45) is 4.91. The normalized spacial score (nSPS) is 23.4. The first-order valence-electron chi connectivity index (χ1n) is 7.23. The summed E-state index contributed by atoms with van der Waals surface area (Å²) < 4.78 is 0. The van der Waals surface area contributed by atoms with Gasteiger partial charge in [0.1, 0.15) is 0 Å². The largest absolute Gasteiger partial charge is 0.399 e. The van der Waals surface area contributed by atoms with Gasteiger partial charge in [-0.05, 0) is 57.2 Å². The molecule has 0 bridgehead atoms. The van der Waals surface area contributed by atoms with Crippen LogP contribution in [0.5, 0.6) is 0 Å². The topological polar surface area (TPSA) is 46.3 Å². The molecule has 1 aliphatic heterocycles. The van der Waals surface area contributed by atoms with Crippen LogP contribution in [-0.2, 0) is 11.2 Å². The van der Waals surface area contributed by atoms with E-state index in [2.05, 4.69) is 18.7 Å². The molecular weight excluding hydrogens is 236 g/mol. The molecule has 0 spiro atoms. The fraction of sp³-hybridized carbons (Fsp3) is 0.562. The number of likely N-dealkylation sites (tertiary alicyclic amines) is 1. The Morgan fingerprint density at radius 3 is 2.37 bits per heavy atom. The van der Waals surface area contributed by atoms with Gasteiger partial charge >= 0.3 is 0 Å². The van der Waals surface area contributed by atoms with Crippen molar-refractivity contribution in [3.05, 3.63) is 29.8 Å². The first-order chi connectivity index (χ1) is 9.08. The Labute approximate surface area is 115 Å². The standard InChI is InChI=1S/C16H24N2O/c1-12-4-3-5-13(2)18(12)16(19)11-8-14-6-9-15(17)10-7-14/h6-7,9-10,12-13H,3-5,8,11,17H2,1-2H3. The molecule has 19 heavy (non-hydrogen) atoms. The Morgan fingerprint density at radius 2 is 1.79 bits per heavy atom. The van der Waals surface area contributed by atoms with Crippen molar-refractivity contribution in [2.45, 2.75) is 58.0 Å². The van der Waals surface area contributed by atoms with Gasteiger partial charge in [0.2, 0.25) is 5.91 Å². The average Bonchev–Trinajstić information content (AvgIpc) is 2.38. The number of piperidine rings is 1. The summed E-state index contributed by atoms with van der Waals surface area (Å²) in [7, 11) is 0. The van der Waals surface area contributed by atoms with Gasteiger partial charge in [0, 0.05) is 24.2 Å². The van der Waals surface area contributed by atoms with Gasteiger partial charge in [0.25, 0.3) is 0 Å². The molecule has 3 nitrogen and oxygen atoms in total. The molecule has 3 heteroatoms. The Morgan fingerprint density at radius 1 is 1.21 bits per heavy atom. The number of amides is 1. The zero-order chi connectivity index (χ0) is 13.8. The lowest BCUT2D eigenvalue weighted by Crippen LogP contribution is -2.47. The highest BCUT2D eigenvalue weighted by atomic mass is 16.2. The van der Waals surface area contributed by atoms with Crippen LogP contribution in [0.3, 0.4) is 0 Å². The molecule has 1 saturated heterocycles. The lowest BCUT2D eigenvalue weighted by Gasteiger charge is -2.39. The second-order valence-electron chi connectivity index (χ2n) is 5.67. The van der Waals surface area contributed by atoms with Crippen LogP contribution < -0.4 is 5.73 Å². The molecule has 1 aromatic rings. The maximum atomic E-state index is 12.4. The monoisotopic (exact) mass is 260 g/mol. The lowest BCUT2D eigenvalue weighted by atomic mass is 9.96. The van der Waals surface area contributed by atoms with E-state index in [0.717, 1.165) is 24.9 Å². The van der Waals surface area contributed by atoms with Crippen molar-refractivity contribution >= 4 is 11.6 Å². The van der Waals surface area contributed by atoms with Crippen molar-refractivity contribution in [3.8, 4) is 0 Å². The molecule has 2 unspecified atom stereocenters. The highest BCUT2D eigenvalue weighted by Gasteiger charge is 2.28. The summed E-state index contributed by atoms with van der Waals surface area (Å²) in [6, 6.07) is 8.58. The quantitative estimate of drug-likeness (QED) is 0.849. The molecule has 0 radical (unpaired) electrons. The van der Waals surface area contributed by atoms with Crippen molar-refractivity contribution in [1.29, 1.82) is 0 Å². The van der Waals surface area contributed by atoms with Crippen molar-refractivity contribution in [1.82, 2.24) is 4.90 Å². The minimum atomic E-state index is 0.288. The fourth-order valence-corrected chi connectivity index (χ4v) is 2.98. The molecule has 0 aromatic heterocycles. The van der Waals surface area contributed by atoms with Crippen LogP contribution in [0.4, 0.5) is 5.69 Å². The predicted molar refractivity (Wildman–Crippen MR) is 78.8 cm³/mol. The molecule has 2 atom stereocenters. The number of nitrogens with two attached hydrogens (primary N) is 1. The van der Waals surface area contributed by atoms with Gasteiger partial charge < -0.3 is 10.6 Å². The summed E-state index contributed by atoms with van der Waals surface area (Å²) in [5.41, 5.74) is 7.61. The molecule has 1 fully saturated rings. The first kappa shape index (κ1) is 13.9. The average molecular weight is 260 g/mol. The summed E-state index contributed by atoms with van der Waals surface area (Å²) >= 11 is 0. The number of rotatable bonds is 3. The van der Waals surface area contributed by atoms with E-state index in [1.165, 1.54) is 12.0 Å². The van der Waals surface area contributed by atoms with E-state index >= 15 is 0 Å². The maximum Gasteiger partial charge on any atom is 0.223 e. The van der Waals surface area contributed by atoms with Gasteiger partial charge in [0.05, 0.1) is 0 Å². The Balaban J connectivity index is 1.91. The molecule has 104 valence electrons. The number of hydrogen-bond donors (Lipinski definition) is 1. The molecule has 1 aliphatic rings. The third kappa shape index (κ3) is 3.49. The lowest BCUT2D eigenvalue weighted by molar-refractivity contribution is -0.137. The van der Waals surface area contributed by atoms with Crippen LogP contribution in [0.2, 0.25) is 0 Å². The smallest absolute Gasteiger partial charge is 0.223 e. The van der Waals surface area contributed by atoms with E-state index in [9.17, 15) is 4.79 Å². The Hall–Kier alpha value is -1.51. The van der Waals surface area contributed by atoms with E-state index < -0.39 is 0 Å². The summed E-state index contributed by atoms with van der Waals surface area (Å²) in [4.78, 5) is 14.4. The fourth-order valence-electron chi connectivity index (χ4n) is 2.98. The van der Waals surface area contributed by atoms with E-state index in [1.54, 1.807) is 0 Å². The number of aryl methyl sites for hydroxylation is 1. The number of nitrogen functional groups attached to an aromatic ring is 1. The molecule has 1 amide bonds. The van der Waals surface area contributed by atoms with Crippen molar-refractivity contribution in [2.75, 3.05) is 5.73 Å². The zero-order valence-electron chi connectivity index (χ0n) is 11.9. The second-order valence-corrected chi connectivity index (χ2v) is 5.67. The molecule has 1 aromatic carbocycles. The van der Waals surface area contributed by atoms with Crippen molar-refractivity contribution in [3.63, 3.8) is 0 Å². The number of nitrogens with zero attached hydrogens (tertiary/aromatic N) is 1. The Kier molecular flexibility index (Phi) is 4.46. The summed E-state index contributed by atoms with van der Waals surface area (Å²) in [5.74, 6) is 0.288. The summed E-state index contributed by atoms with van der Waals surface area (Å²) in [6.45, 7) is 4.33. The maximum absolute atomic E-state index is 12.4. The predicted octanol–water partition coefficient (Wildman–Crippen LogP) is 2.99. The summed E-state index contributed by atoms with van der Waals surface area (Å²) in [5, 5.41) is 0. The molecule has 0 saturated carbocycles. The van der Waals surface area contributed by atoms with Crippen molar-refractivity contribution < 1.29 is 4.79 Å². The highest BCUT2D eigenvalue weighted by Crippen LogP contribution is 2.23. The second kappa shape index (κ2) is 6.09. The molecule has 2 rings (SSSR count). The van der Waals surface area contributed by atoms with Crippen LogP contribution in [0, 0.1) is 0 Å². The van der Waals surface area contributed by atoms with E-state index in [4.69, 9.17) is 5.73 Å². The minimum Gasteiger partial charge on any atom is -0.399 e. The van der Waals surface area contributed by atoms with E-state index in [1.807, 2.05) is 24.3 Å². The van der Waals surface area contributed by atoms with Gasteiger partial charge in [-0.15, -0.1) is 0 Å². The zero-order valence-corrected chi connectivity index (χ0v) is 11.9. The van der Waals surface area contributed by atoms with E-state index in [-0.39, 0.29) is 5.91 Å². The third-order valence-corrected chi connectivity index (χ3v) is 4.09. The number of anilines is 1. The van der Waals surface area contributed by atoms with Crippen LogP contribution in [0.25, 0.3) is 0 Å². The van der Waals surface area contributed by atoms with Gasteiger partial charge in [-0.25, -0.2) is 0 Å². The highest BCUT2D eigenvalue weighted by molar-refractivity contribution is 5.77. The van der Waals surface area contributed by atoms with Gasteiger partial charge in [-0.1, -0.05) is 12.1 Å². The van der Waals surface area contributed by atoms with Crippen LogP contribution in [-0.4, -0.2) is 22.9 Å².